The van der Waals surface area contributed by atoms with Crippen LogP contribution in [-0.4, -0.2) is 19.3 Å². The van der Waals surface area contributed by atoms with Gasteiger partial charge in [-0.15, -0.1) is 0 Å². The van der Waals surface area contributed by atoms with Crippen LogP contribution in [0.4, 0.5) is 0 Å². The number of hydrogen-bond donors (Lipinski definition) is 1. The number of fused-ring (bicyclic) bond motifs is 2. The lowest BCUT2D eigenvalue weighted by Gasteiger charge is -2.19. The van der Waals surface area contributed by atoms with Crippen molar-refractivity contribution in [3.05, 3.63) is 83.9 Å². The van der Waals surface area contributed by atoms with Gasteiger partial charge in [-0.1, -0.05) is 48.5 Å². The zero-order valence-electron chi connectivity index (χ0n) is 14.8. The maximum Gasteiger partial charge on any atom is 0.125 e. The summed E-state index contributed by atoms with van der Waals surface area (Å²) < 4.78 is 11.1. The molecule has 3 nitrogen and oxygen atoms in total. The van der Waals surface area contributed by atoms with Gasteiger partial charge in [-0.05, 0) is 45.8 Å². The van der Waals surface area contributed by atoms with E-state index in [4.69, 9.17) is 9.47 Å². The van der Waals surface area contributed by atoms with Crippen molar-refractivity contribution in [1.82, 2.24) is 0 Å². The highest BCUT2D eigenvalue weighted by Gasteiger charge is 2.20. The topological polar surface area (TPSA) is 38.7 Å². The van der Waals surface area contributed by atoms with E-state index in [9.17, 15) is 5.11 Å². The number of benzene rings is 4. The molecule has 0 saturated heterocycles. The molecule has 0 radical (unpaired) electrons. The third kappa shape index (κ3) is 2.76. The molecule has 0 aliphatic rings. The Labute approximate surface area is 152 Å². The van der Waals surface area contributed by atoms with Crippen molar-refractivity contribution in [1.29, 1.82) is 0 Å². The van der Waals surface area contributed by atoms with Gasteiger partial charge in [0.15, 0.2) is 0 Å². The average molecular weight is 344 g/mol. The molecule has 0 aliphatic heterocycles. The lowest BCUT2D eigenvalue weighted by atomic mass is 9.95. The summed E-state index contributed by atoms with van der Waals surface area (Å²) in [5, 5.41) is 15.4. The Morgan fingerprint density at radius 1 is 0.615 bits per heavy atom. The van der Waals surface area contributed by atoms with E-state index in [1.54, 1.807) is 14.2 Å². The third-order valence-electron chi connectivity index (χ3n) is 4.79. The SMILES string of the molecule is COc1cc2ccccc2cc1C(O)c1cc2ccccc2cc1OC. The molecule has 26 heavy (non-hydrogen) atoms. The highest BCUT2D eigenvalue weighted by Crippen LogP contribution is 2.38. The van der Waals surface area contributed by atoms with Crippen molar-refractivity contribution in [2.45, 2.75) is 6.10 Å². The minimum absolute atomic E-state index is 0.659. The van der Waals surface area contributed by atoms with Gasteiger partial charge in [0.2, 0.25) is 0 Å². The number of ether oxygens (including phenoxy) is 2. The average Bonchev–Trinajstić information content (AvgIpc) is 2.71. The van der Waals surface area contributed by atoms with E-state index in [1.807, 2.05) is 72.8 Å². The first-order chi connectivity index (χ1) is 12.7. The molecule has 0 spiro atoms. The van der Waals surface area contributed by atoms with Crippen molar-refractivity contribution in [2.24, 2.45) is 0 Å². The van der Waals surface area contributed by atoms with Gasteiger partial charge in [0.05, 0.1) is 14.2 Å². The van der Waals surface area contributed by atoms with Gasteiger partial charge in [0.1, 0.15) is 17.6 Å². The highest BCUT2D eigenvalue weighted by atomic mass is 16.5. The molecular weight excluding hydrogens is 324 g/mol. The van der Waals surface area contributed by atoms with Crippen LogP contribution in [0.1, 0.15) is 17.2 Å². The van der Waals surface area contributed by atoms with Gasteiger partial charge in [-0.25, -0.2) is 0 Å². The van der Waals surface area contributed by atoms with E-state index in [0.717, 1.165) is 32.7 Å². The first-order valence-corrected chi connectivity index (χ1v) is 8.52. The van der Waals surface area contributed by atoms with E-state index in [0.29, 0.717) is 11.5 Å². The quantitative estimate of drug-likeness (QED) is 0.560. The molecule has 4 aromatic rings. The summed E-state index contributed by atoms with van der Waals surface area (Å²) in [7, 11) is 3.25. The maximum atomic E-state index is 11.2. The largest absolute Gasteiger partial charge is 0.496 e. The lowest BCUT2D eigenvalue weighted by molar-refractivity contribution is 0.210. The molecule has 1 N–H and O–H groups in total. The molecule has 0 bridgehead atoms. The molecule has 0 amide bonds. The van der Waals surface area contributed by atoms with Crippen molar-refractivity contribution >= 4 is 21.5 Å². The number of aliphatic hydroxyl groups excluding tert-OH is 1. The van der Waals surface area contributed by atoms with Crippen molar-refractivity contribution < 1.29 is 14.6 Å². The standard InChI is InChI=1S/C23H20O3/c1-25-21-13-17-9-5-3-7-15(17)11-19(21)23(24)20-12-16-8-4-6-10-18(16)14-22(20)26-2/h3-14,23-24H,1-2H3. The Kier molecular flexibility index (Phi) is 4.23. The summed E-state index contributed by atoms with van der Waals surface area (Å²) in [6, 6.07) is 24.0. The summed E-state index contributed by atoms with van der Waals surface area (Å²) in [6.07, 6.45) is -0.853. The molecular formula is C23H20O3. The summed E-state index contributed by atoms with van der Waals surface area (Å²) in [4.78, 5) is 0. The molecule has 4 aromatic carbocycles. The molecule has 0 unspecified atom stereocenters. The van der Waals surface area contributed by atoms with Crippen LogP contribution in [0.5, 0.6) is 11.5 Å². The van der Waals surface area contributed by atoms with E-state index < -0.39 is 6.10 Å². The lowest BCUT2D eigenvalue weighted by Crippen LogP contribution is -2.05. The number of aliphatic hydroxyl groups is 1. The molecule has 0 fully saturated rings. The van der Waals surface area contributed by atoms with E-state index >= 15 is 0 Å². The minimum atomic E-state index is -0.853. The van der Waals surface area contributed by atoms with Crippen LogP contribution in [0, 0.1) is 0 Å². The van der Waals surface area contributed by atoms with Crippen LogP contribution >= 0.6 is 0 Å². The van der Waals surface area contributed by atoms with Crippen molar-refractivity contribution in [3.63, 3.8) is 0 Å². The summed E-state index contributed by atoms with van der Waals surface area (Å²) in [5.41, 5.74) is 1.44. The van der Waals surface area contributed by atoms with Crippen molar-refractivity contribution in [3.8, 4) is 11.5 Å². The molecule has 0 atom stereocenters. The summed E-state index contributed by atoms with van der Waals surface area (Å²) in [5.74, 6) is 1.32. The molecule has 130 valence electrons. The highest BCUT2D eigenvalue weighted by molar-refractivity contribution is 5.87. The maximum absolute atomic E-state index is 11.2. The molecule has 4 rings (SSSR count). The Bertz CT molecular complexity index is 998. The third-order valence-corrected chi connectivity index (χ3v) is 4.79. The fraction of sp³-hybridized carbons (Fsp3) is 0.130. The fourth-order valence-corrected chi connectivity index (χ4v) is 3.42. The molecule has 0 saturated carbocycles. The van der Waals surface area contributed by atoms with Crippen LogP contribution in [0.2, 0.25) is 0 Å². The van der Waals surface area contributed by atoms with Crippen LogP contribution in [0.3, 0.4) is 0 Å². The van der Waals surface area contributed by atoms with Crippen LogP contribution < -0.4 is 9.47 Å². The van der Waals surface area contributed by atoms with Gasteiger partial charge in [-0.2, -0.15) is 0 Å². The van der Waals surface area contributed by atoms with Crippen LogP contribution in [0.15, 0.2) is 72.8 Å². The molecule has 3 heteroatoms. The van der Waals surface area contributed by atoms with Crippen molar-refractivity contribution in [2.75, 3.05) is 14.2 Å². The molecule has 0 aliphatic carbocycles. The predicted octanol–water partition coefficient (Wildman–Crippen LogP) is 5.09. The Morgan fingerprint density at radius 3 is 1.31 bits per heavy atom. The molecule has 0 heterocycles. The number of methoxy groups -OCH3 is 2. The smallest absolute Gasteiger partial charge is 0.125 e. The first kappa shape index (κ1) is 16.4. The van der Waals surface area contributed by atoms with E-state index in [2.05, 4.69) is 0 Å². The normalized spacial score (nSPS) is 11.2. The monoisotopic (exact) mass is 344 g/mol. The second-order valence-corrected chi connectivity index (χ2v) is 6.29. The zero-order valence-corrected chi connectivity index (χ0v) is 14.8. The van der Waals surface area contributed by atoms with Gasteiger partial charge in [-0.3, -0.25) is 0 Å². The predicted molar refractivity (Wildman–Crippen MR) is 105 cm³/mol. The second-order valence-electron chi connectivity index (χ2n) is 6.29. The number of rotatable bonds is 4. The van der Waals surface area contributed by atoms with Gasteiger partial charge in [0.25, 0.3) is 0 Å². The Hall–Kier alpha value is -3.04. The second kappa shape index (κ2) is 6.70. The van der Waals surface area contributed by atoms with Gasteiger partial charge >= 0.3 is 0 Å². The van der Waals surface area contributed by atoms with E-state index in [1.165, 1.54) is 0 Å². The first-order valence-electron chi connectivity index (χ1n) is 8.52. The Balaban J connectivity index is 1.91. The number of hydrogen-bond acceptors (Lipinski definition) is 3. The minimum Gasteiger partial charge on any atom is -0.496 e. The van der Waals surface area contributed by atoms with Gasteiger partial charge in [0, 0.05) is 11.1 Å². The van der Waals surface area contributed by atoms with E-state index in [-0.39, 0.29) is 0 Å². The summed E-state index contributed by atoms with van der Waals surface area (Å²) >= 11 is 0. The van der Waals surface area contributed by atoms with Crippen LogP contribution in [-0.2, 0) is 0 Å². The molecule has 0 aromatic heterocycles. The fourth-order valence-electron chi connectivity index (χ4n) is 3.42. The van der Waals surface area contributed by atoms with Crippen LogP contribution in [0.25, 0.3) is 21.5 Å². The van der Waals surface area contributed by atoms with Gasteiger partial charge < -0.3 is 14.6 Å². The zero-order chi connectivity index (χ0) is 18.1. The Morgan fingerprint density at radius 2 is 0.962 bits per heavy atom. The summed E-state index contributed by atoms with van der Waals surface area (Å²) in [6.45, 7) is 0.